The normalized spacial score (nSPS) is 11.5. The van der Waals surface area contributed by atoms with Gasteiger partial charge in [0.1, 0.15) is 0 Å². The average molecular weight is 445 g/mol. The number of thiazole rings is 1. The Morgan fingerprint density at radius 2 is 1.87 bits per heavy atom. The number of nitrogens with one attached hydrogen (secondary N) is 1. The van der Waals surface area contributed by atoms with E-state index in [0.717, 1.165) is 33.9 Å². The van der Waals surface area contributed by atoms with Crippen molar-refractivity contribution in [3.05, 3.63) is 76.8 Å². The van der Waals surface area contributed by atoms with E-state index in [1.54, 1.807) is 11.4 Å². The molecular weight excluding hydrogens is 427 g/mol. The molecule has 1 N–H and O–H groups in total. The summed E-state index contributed by atoms with van der Waals surface area (Å²) >= 11 is 1.08. The standard InChI is InChI=1S/C22H18F3N3O2S/c1-14-6-3-4-9-19(14)27-20(30)11-10-17-13-31-21(26-17)28(15(2)29)18-8-5-7-16(12-18)22(23,24)25/h3-13H,1-2H3,(H,27,30)/b11-10+. The zero-order valence-electron chi connectivity index (χ0n) is 16.6. The molecule has 0 spiro atoms. The van der Waals surface area contributed by atoms with Gasteiger partial charge in [-0.05, 0) is 42.8 Å². The molecular formula is C22H18F3N3O2S. The maximum atomic E-state index is 13.0. The quantitative estimate of drug-likeness (QED) is 0.505. The highest BCUT2D eigenvalue weighted by Crippen LogP contribution is 2.35. The minimum atomic E-state index is -4.53. The zero-order valence-corrected chi connectivity index (χ0v) is 17.4. The number of rotatable bonds is 5. The van der Waals surface area contributed by atoms with Crippen LogP contribution in [0.15, 0.2) is 60.0 Å². The van der Waals surface area contributed by atoms with Crippen LogP contribution in [0.4, 0.5) is 29.7 Å². The van der Waals surface area contributed by atoms with E-state index in [9.17, 15) is 22.8 Å². The summed E-state index contributed by atoms with van der Waals surface area (Å²) in [4.78, 5) is 29.7. The third-order valence-corrected chi connectivity index (χ3v) is 5.10. The van der Waals surface area contributed by atoms with Crippen LogP contribution in [0.5, 0.6) is 0 Å². The molecule has 2 aromatic carbocycles. The lowest BCUT2D eigenvalue weighted by Gasteiger charge is -2.19. The largest absolute Gasteiger partial charge is 0.416 e. The van der Waals surface area contributed by atoms with Gasteiger partial charge in [0.15, 0.2) is 5.13 Å². The number of alkyl halides is 3. The van der Waals surface area contributed by atoms with Crippen LogP contribution < -0.4 is 10.2 Å². The van der Waals surface area contributed by atoms with Crippen molar-refractivity contribution in [3.63, 3.8) is 0 Å². The van der Waals surface area contributed by atoms with Gasteiger partial charge in [0.05, 0.1) is 16.9 Å². The number of halogens is 3. The summed E-state index contributed by atoms with van der Waals surface area (Å²) in [6.07, 6.45) is -1.76. The highest BCUT2D eigenvalue weighted by molar-refractivity contribution is 7.14. The lowest BCUT2D eigenvalue weighted by Crippen LogP contribution is -2.23. The molecule has 1 aromatic heterocycles. The van der Waals surface area contributed by atoms with Gasteiger partial charge >= 0.3 is 6.18 Å². The topological polar surface area (TPSA) is 62.3 Å². The summed E-state index contributed by atoms with van der Waals surface area (Å²) in [6.45, 7) is 3.11. The third-order valence-electron chi connectivity index (χ3n) is 4.26. The minimum absolute atomic E-state index is 0.0597. The predicted octanol–water partition coefficient (Wildman–Crippen LogP) is 5.81. The fraction of sp³-hybridized carbons (Fsp3) is 0.136. The Labute approximate surface area is 180 Å². The fourth-order valence-corrected chi connectivity index (χ4v) is 3.61. The van der Waals surface area contributed by atoms with Crippen molar-refractivity contribution < 1.29 is 22.8 Å². The summed E-state index contributed by atoms with van der Waals surface area (Å²) in [5, 5.41) is 4.56. The minimum Gasteiger partial charge on any atom is -0.322 e. The number of hydrogen-bond acceptors (Lipinski definition) is 4. The molecule has 0 saturated carbocycles. The number of aryl methyl sites for hydroxylation is 1. The monoisotopic (exact) mass is 445 g/mol. The molecule has 2 amide bonds. The molecule has 3 rings (SSSR count). The van der Waals surface area contributed by atoms with Crippen LogP contribution in [0.1, 0.15) is 23.7 Å². The van der Waals surface area contributed by atoms with Crippen molar-refractivity contribution in [1.82, 2.24) is 4.98 Å². The first kappa shape index (κ1) is 22.2. The summed E-state index contributed by atoms with van der Waals surface area (Å²) in [6, 6.07) is 11.8. The van der Waals surface area contributed by atoms with Gasteiger partial charge in [-0.2, -0.15) is 13.2 Å². The van der Waals surface area contributed by atoms with Gasteiger partial charge in [0, 0.05) is 24.1 Å². The van der Waals surface area contributed by atoms with Gasteiger partial charge in [0.25, 0.3) is 0 Å². The molecule has 0 unspecified atom stereocenters. The maximum absolute atomic E-state index is 13.0. The smallest absolute Gasteiger partial charge is 0.322 e. The Bertz CT molecular complexity index is 1140. The van der Waals surface area contributed by atoms with Crippen LogP contribution in [0.25, 0.3) is 6.08 Å². The van der Waals surface area contributed by atoms with Crippen LogP contribution in [0.2, 0.25) is 0 Å². The van der Waals surface area contributed by atoms with E-state index in [4.69, 9.17) is 0 Å². The van der Waals surface area contributed by atoms with E-state index in [-0.39, 0.29) is 16.7 Å². The molecule has 3 aromatic rings. The highest BCUT2D eigenvalue weighted by Gasteiger charge is 2.31. The lowest BCUT2D eigenvalue weighted by atomic mass is 10.2. The molecule has 0 saturated heterocycles. The molecule has 1 heterocycles. The van der Waals surface area contributed by atoms with Crippen LogP contribution >= 0.6 is 11.3 Å². The highest BCUT2D eigenvalue weighted by atomic mass is 32.1. The molecule has 0 aliphatic rings. The van der Waals surface area contributed by atoms with Gasteiger partial charge in [-0.25, -0.2) is 4.98 Å². The molecule has 0 aliphatic carbocycles. The molecule has 0 radical (unpaired) electrons. The Balaban J connectivity index is 1.79. The SMILES string of the molecule is CC(=O)N(c1cccc(C(F)(F)F)c1)c1nc(/C=C/C(=O)Nc2ccccc2C)cs1. The number of benzene rings is 2. The Morgan fingerprint density at radius 3 is 2.55 bits per heavy atom. The number of para-hydroxylation sites is 1. The van der Waals surface area contributed by atoms with Crippen LogP contribution in [0, 0.1) is 6.92 Å². The summed E-state index contributed by atoms with van der Waals surface area (Å²) in [7, 11) is 0. The molecule has 0 aliphatic heterocycles. The molecule has 31 heavy (non-hydrogen) atoms. The Morgan fingerprint density at radius 1 is 1.13 bits per heavy atom. The first-order valence-electron chi connectivity index (χ1n) is 9.13. The summed E-state index contributed by atoms with van der Waals surface area (Å²) in [5.74, 6) is -0.841. The van der Waals surface area contributed by atoms with E-state index in [2.05, 4.69) is 10.3 Å². The van der Waals surface area contributed by atoms with Crippen LogP contribution in [-0.4, -0.2) is 16.8 Å². The number of anilines is 3. The van der Waals surface area contributed by atoms with Gasteiger partial charge in [-0.1, -0.05) is 24.3 Å². The van der Waals surface area contributed by atoms with E-state index in [0.29, 0.717) is 11.4 Å². The second-order valence-corrected chi connectivity index (χ2v) is 7.43. The van der Waals surface area contributed by atoms with Gasteiger partial charge in [0.2, 0.25) is 11.8 Å². The summed E-state index contributed by atoms with van der Waals surface area (Å²) < 4.78 is 39.1. The van der Waals surface area contributed by atoms with Crippen molar-refractivity contribution in [1.29, 1.82) is 0 Å². The first-order valence-corrected chi connectivity index (χ1v) is 10.0. The second-order valence-electron chi connectivity index (χ2n) is 6.59. The second kappa shape index (κ2) is 9.13. The molecule has 0 atom stereocenters. The zero-order chi connectivity index (χ0) is 22.6. The van der Waals surface area contributed by atoms with Crippen molar-refractivity contribution in [2.24, 2.45) is 0 Å². The summed E-state index contributed by atoms with van der Waals surface area (Å²) in [5.41, 5.74) is 1.20. The number of amides is 2. The molecule has 0 bridgehead atoms. The first-order chi connectivity index (χ1) is 14.6. The number of carbonyl (C=O) groups excluding carboxylic acids is 2. The lowest BCUT2D eigenvalue weighted by molar-refractivity contribution is -0.137. The van der Waals surface area contributed by atoms with Crippen molar-refractivity contribution in [2.75, 3.05) is 10.2 Å². The molecule has 9 heteroatoms. The molecule has 160 valence electrons. The number of hydrogen-bond donors (Lipinski definition) is 1. The van der Waals surface area contributed by atoms with Crippen LogP contribution in [-0.2, 0) is 15.8 Å². The van der Waals surface area contributed by atoms with E-state index >= 15 is 0 Å². The maximum Gasteiger partial charge on any atom is 0.416 e. The molecule has 5 nitrogen and oxygen atoms in total. The van der Waals surface area contributed by atoms with Crippen molar-refractivity contribution in [3.8, 4) is 0 Å². The van der Waals surface area contributed by atoms with E-state index < -0.39 is 17.6 Å². The van der Waals surface area contributed by atoms with Gasteiger partial charge in [-0.3, -0.25) is 14.5 Å². The van der Waals surface area contributed by atoms with E-state index in [1.165, 1.54) is 31.2 Å². The van der Waals surface area contributed by atoms with Gasteiger partial charge < -0.3 is 5.32 Å². The van der Waals surface area contributed by atoms with Crippen molar-refractivity contribution >= 4 is 45.7 Å². The molecule has 0 fully saturated rings. The number of aromatic nitrogens is 1. The van der Waals surface area contributed by atoms with Crippen molar-refractivity contribution in [2.45, 2.75) is 20.0 Å². The van der Waals surface area contributed by atoms with E-state index in [1.807, 2.05) is 25.1 Å². The third kappa shape index (κ3) is 5.58. The fourth-order valence-electron chi connectivity index (χ4n) is 2.75. The average Bonchev–Trinajstić information content (AvgIpc) is 3.16. The number of nitrogens with zero attached hydrogens (tertiary/aromatic N) is 2. The number of carbonyl (C=O) groups is 2. The predicted molar refractivity (Wildman–Crippen MR) is 115 cm³/mol. The van der Waals surface area contributed by atoms with Crippen LogP contribution in [0.3, 0.4) is 0 Å². The Hall–Kier alpha value is -3.46. The van der Waals surface area contributed by atoms with Gasteiger partial charge in [-0.15, -0.1) is 11.3 Å². The Kier molecular flexibility index (Phi) is 6.55.